The average molecular weight is 186 g/mol. The van der Waals surface area contributed by atoms with Crippen molar-refractivity contribution in [3.63, 3.8) is 0 Å². The second-order valence-electron chi connectivity index (χ2n) is 3.11. The van der Waals surface area contributed by atoms with Crippen LogP contribution in [0.5, 0.6) is 0 Å². The smallest absolute Gasteiger partial charge is 0.124 e. The summed E-state index contributed by atoms with van der Waals surface area (Å²) in [6.45, 7) is 0. The zero-order valence-electron chi connectivity index (χ0n) is 6.48. The molecule has 0 saturated heterocycles. The number of aryl methyl sites for hydroxylation is 1. The van der Waals surface area contributed by atoms with Gasteiger partial charge in [-0.2, -0.15) is 0 Å². The molecule has 0 heterocycles. The molecule has 1 aromatic rings. The topological polar surface area (TPSA) is 26.0 Å². The van der Waals surface area contributed by atoms with Crippen molar-refractivity contribution in [3.05, 3.63) is 34.1 Å². The maximum Gasteiger partial charge on any atom is 0.124 e. The molecule has 0 saturated carbocycles. The Balaban J connectivity index is 2.60. The fourth-order valence-corrected chi connectivity index (χ4v) is 2.08. The molecule has 2 rings (SSSR count). The van der Waals surface area contributed by atoms with E-state index in [2.05, 4.69) is 0 Å². The molecule has 1 atom stereocenters. The van der Waals surface area contributed by atoms with E-state index < -0.39 is 0 Å². The fourth-order valence-electron chi connectivity index (χ4n) is 1.72. The summed E-state index contributed by atoms with van der Waals surface area (Å²) >= 11 is 5.85. The summed E-state index contributed by atoms with van der Waals surface area (Å²) in [5.41, 5.74) is 7.68. The van der Waals surface area contributed by atoms with Crippen molar-refractivity contribution in [2.24, 2.45) is 5.73 Å². The molecule has 0 aromatic heterocycles. The number of nitrogens with two attached hydrogens (primary N) is 1. The SMILES string of the molecule is N[C@@H]1CCc2cc(F)cc(Cl)c21. The van der Waals surface area contributed by atoms with Gasteiger partial charge in [-0.05, 0) is 36.1 Å². The molecule has 1 nitrogen and oxygen atoms in total. The Bertz CT molecular complexity index is 325. The van der Waals surface area contributed by atoms with Gasteiger partial charge in [-0.3, -0.25) is 0 Å². The van der Waals surface area contributed by atoms with E-state index in [1.807, 2.05) is 0 Å². The van der Waals surface area contributed by atoms with E-state index in [9.17, 15) is 4.39 Å². The highest BCUT2D eigenvalue weighted by molar-refractivity contribution is 6.31. The molecule has 2 N–H and O–H groups in total. The predicted octanol–water partition coefficient (Wildman–Crippen LogP) is 2.43. The highest BCUT2D eigenvalue weighted by atomic mass is 35.5. The van der Waals surface area contributed by atoms with E-state index >= 15 is 0 Å². The lowest BCUT2D eigenvalue weighted by Crippen LogP contribution is -2.05. The number of rotatable bonds is 0. The Kier molecular flexibility index (Phi) is 1.81. The van der Waals surface area contributed by atoms with Gasteiger partial charge < -0.3 is 5.73 Å². The van der Waals surface area contributed by atoms with Gasteiger partial charge in [0.15, 0.2) is 0 Å². The maximum absolute atomic E-state index is 12.8. The Labute approximate surface area is 75.3 Å². The third-order valence-electron chi connectivity index (χ3n) is 2.28. The summed E-state index contributed by atoms with van der Waals surface area (Å²) in [6.07, 6.45) is 1.71. The molecule has 0 bridgehead atoms. The van der Waals surface area contributed by atoms with Gasteiger partial charge in [0.25, 0.3) is 0 Å². The zero-order valence-corrected chi connectivity index (χ0v) is 7.24. The second-order valence-corrected chi connectivity index (χ2v) is 3.51. The fraction of sp³-hybridized carbons (Fsp3) is 0.333. The molecular weight excluding hydrogens is 177 g/mol. The van der Waals surface area contributed by atoms with Crippen molar-refractivity contribution < 1.29 is 4.39 Å². The van der Waals surface area contributed by atoms with Crippen molar-refractivity contribution >= 4 is 11.6 Å². The number of hydrogen-bond donors (Lipinski definition) is 1. The number of hydrogen-bond acceptors (Lipinski definition) is 1. The summed E-state index contributed by atoms with van der Waals surface area (Å²) in [5.74, 6) is -0.271. The van der Waals surface area contributed by atoms with Crippen LogP contribution in [0.4, 0.5) is 4.39 Å². The molecule has 12 heavy (non-hydrogen) atoms. The summed E-state index contributed by atoms with van der Waals surface area (Å²) in [6, 6.07) is 2.84. The number of benzene rings is 1. The van der Waals surface area contributed by atoms with Gasteiger partial charge in [0.2, 0.25) is 0 Å². The molecule has 0 spiro atoms. The van der Waals surface area contributed by atoms with Crippen molar-refractivity contribution in [2.75, 3.05) is 0 Å². The Hall–Kier alpha value is -0.600. The minimum Gasteiger partial charge on any atom is -0.324 e. The molecule has 0 fully saturated rings. The van der Waals surface area contributed by atoms with Crippen LogP contribution in [0.2, 0.25) is 5.02 Å². The van der Waals surface area contributed by atoms with Crippen molar-refractivity contribution in [1.29, 1.82) is 0 Å². The Morgan fingerprint density at radius 3 is 3.00 bits per heavy atom. The Morgan fingerprint density at radius 2 is 2.25 bits per heavy atom. The summed E-state index contributed by atoms with van der Waals surface area (Å²) in [5, 5.41) is 0.468. The van der Waals surface area contributed by atoms with Gasteiger partial charge in [-0.1, -0.05) is 11.6 Å². The molecule has 1 aliphatic carbocycles. The van der Waals surface area contributed by atoms with E-state index in [1.165, 1.54) is 12.1 Å². The maximum atomic E-state index is 12.8. The molecule has 3 heteroatoms. The van der Waals surface area contributed by atoms with E-state index in [0.717, 1.165) is 24.0 Å². The third kappa shape index (κ3) is 1.11. The minimum absolute atomic E-state index is 0.00639. The highest BCUT2D eigenvalue weighted by Gasteiger charge is 2.22. The lowest BCUT2D eigenvalue weighted by atomic mass is 10.1. The van der Waals surface area contributed by atoms with Crippen LogP contribution in [0, 0.1) is 5.82 Å². The van der Waals surface area contributed by atoms with Gasteiger partial charge in [0.05, 0.1) is 0 Å². The first kappa shape index (κ1) is 8.02. The van der Waals surface area contributed by atoms with Crippen LogP contribution >= 0.6 is 11.6 Å². The first-order chi connectivity index (χ1) is 5.68. The molecule has 0 radical (unpaired) electrons. The summed E-state index contributed by atoms with van der Waals surface area (Å²) in [7, 11) is 0. The van der Waals surface area contributed by atoms with E-state index in [0.29, 0.717) is 5.02 Å². The highest BCUT2D eigenvalue weighted by Crippen LogP contribution is 2.35. The lowest BCUT2D eigenvalue weighted by Gasteiger charge is -2.06. The summed E-state index contributed by atoms with van der Waals surface area (Å²) in [4.78, 5) is 0. The molecule has 1 aliphatic rings. The normalized spacial score (nSPS) is 21.1. The van der Waals surface area contributed by atoms with E-state index in [-0.39, 0.29) is 11.9 Å². The second kappa shape index (κ2) is 2.71. The first-order valence-corrected chi connectivity index (χ1v) is 4.29. The number of fused-ring (bicyclic) bond motifs is 1. The molecule has 0 unspecified atom stereocenters. The molecule has 64 valence electrons. The van der Waals surface area contributed by atoms with Gasteiger partial charge in [-0.25, -0.2) is 4.39 Å². The first-order valence-electron chi connectivity index (χ1n) is 3.92. The van der Waals surface area contributed by atoms with Crippen LogP contribution in [0.25, 0.3) is 0 Å². The third-order valence-corrected chi connectivity index (χ3v) is 2.59. The average Bonchev–Trinajstić information content (AvgIpc) is 2.31. The van der Waals surface area contributed by atoms with Crippen LogP contribution < -0.4 is 5.73 Å². The largest absolute Gasteiger partial charge is 0.324 e. The minimum atomic E-state index is -0.271. The van der Waals surface area contributed by atoms with Crippen LogP contribution in [0.3, 0.4) is 0 Å². The van der Waals surface area contributed by atoms with Crippen molar-refractivity contribution in [3.8, 4) is 0 Å². The van der Waals surface area contributed by atoms with E-state index in [1.54, 1.807) is 0 Å². The van der Waals surface area contributed by atoms with Crippen LogP contribution in [-0.4, -0.2) is 0 Å². The standard InChI is InChI=1S/C9H9ClFN/c10-7-4-6(11)3-5-1-2-8(12)9(5)7/h3-4,8H,1-2,12H2/t8-/m1/s1. The molecule has 1 aromatic carbocycles. The number of halogens is 2. The molecule has 0 amide bonds. The zero-order chi connectivity index (χ0) is 8.72. The van der Waals surface area contributed by atoms with Gasteiger partial charge >= 0.3 is 0 Å². The van der Waals surface area contributed by atoms with Gasteiger partial charge in [0, 0.05) is 11.1 Å². The molecular formula is C9H9ClFN. The quantitative estimate of drug-likeness (QED) is 0.660. The van der Waals surface area contributed by atoms with Crippen molar-refractivity contribution in [2.45, 2.75) is 18.9 Å². The lowest BCUT2D eigenvalue weighted by molar-refractivity contribution is 0.626. The van der Waals surface area contributed by atoms with Gasteiger partial charge in [0.1, 0.15) is 5.82 Å². The van der Waals surface area contributed by atoms with Crippen molar-refractivity contribution in [1.82, 2.24) is 0 Å². The van der Waals surface area contributed by atoms with E-state index in [4.69, 9.17) is 17.3 Å². The monoisotopic (exact) mass is 185 g/mol. The molecule has 0 aliphatic heterocycles. The predicted molar refractivity (Wildman–Crippen MR) is 46.7 cm³/mol. The van der Waals surface area contributed by atoms with Crippen LogP contribution in [-0.2, 0) is 6.42 Å². The van der Waals surface area contributed by atoms with Crippen LogP contribution in [0.15, 0.2) is 12.1 Å². The Morgan fingerprint density at radius 1 is 1.50 bits per heavy atom. The van der Waals surface area contributed by atoms with Crippen LogP contribution in [0.1, 0.15) is 23.6 Å². The van der Waals surface area contributed by atoms with Gasteiger partial charge in [-0.15, -0.1) is 0 Å². The summed E-state index contributed by atoms with van der Waals surface area (Å²) < 4.78 is 12.8.